The Balaban J connectivity index is 1.57. The van der Waals surface area contributed by atoms with Crippen LogP contribution in [0.4, 0.5) is 0 Å². The van der Waals surface area contributed by atoms with Crippen molar-refractivity contribution in [1.82, 2.24) is 5.43 Å². The van der Waals surface area contributed by atoms with Crippen LogP contribution in [0, 0.1) is 0 Å². The molecule has 1 aliphatic heterocycles. The monoisotopic (exact) mass is 392 g/mol. The minimum absolute atomic E-state index is 0.167. The molecule has 0 saturated carbocycles. The Morgan fingerprint density at radius 3 is 2.55 bits per heavy atom. The first-order chi connectivity index (χ1) is 14.2. The fourth-order valence-corrected chi connectivity index (χ4v) is 3.11. The number of nitrogens with one attached hydrogen (secondary N) is 1. The number of hydrogen-bond acceptors (Lipinski definition) is 6. The van der Waals surface area contributed by atoms with Crippen LogP contribution in [0.25, 0.3) is 10.8 Å². The molecule has 1 heterocycles. The van der Waals surface area contributed by atoms with Crippen molar-refractivity contribution in [2.24, 2.45) is 5.10 Å². The second kappa shape index (κ2) is 8.10. The number of amides is 1. The van der Waals surface area contributed by atoms with Crippen LogP contribution in [0.2, 0.25) is 0 Å². The summed E-state index contributed by atoms with van der Waals surface area (Å²) >= 11 is 0. The van der Waals surface area contributed by atoms with Gasteiger partial charge in [0.25, 0.3) is 5.91 Å². The Kier molecular flexibility index (Phi) is 5.20. The Labute approximate surface area is 167 Å². The maximum Gasteiger partial charge on any atom is 0.275 e. The summed E-state index contributed by atoms with van der Waals surface area (Å²) in [7, 11) is 1.53. The van der Waals surface area contributed by atoms with Gasteiger partial charge >= 0.3 is 0 Å². The molecule has 0 spiro atoms. The van der Waals surface area contributed by atoms with Gasteiger partial charge in [-0.25, -0.2) is 5.43 Å². The van der Waals surface area contributed by atoms with Crippen LogP contribution in [0.3, 0.4) is 0 Å². The topological polar surface area (TPSA) is 78.4 Å². The summed E-state index contributed by atoms with van der Waals surface area (Å²) in [6, 6.07) is 14.9. The van der Waals surface area contributed by atoms with Crippen molar-refractivity contribution in [3.8, 4) is 23.0 Å². The van der Waals surface area contributed by atoms with Gasteiger partial charge in [0, 0.05) is 11.6 Å². The second-order valence-electron chi connectivity index (χ2n) is 6.28. The van der Waals surface area contributed by atoms with Crippen LogP contribution in [0.15, 0.2) is 53.6 Å². The number of carbonyl (C=O) groups is 1. The molecule has 0 atom stereocenters. The van der Waals surface area contributed by atoms with Crippen molar-refractivity contribution in [3.05, 3.63) is 59.7 Å². The lowest BCUT2D eigenvalue weighted by Crippen LogP contribution is -2.18. The zero-order valence-electron chi connectivity index (χ0n) is 16.1. The van der Waals surface area contributed by atoms with Crippen molar-refractivity contribution >= 4 is 22.9 Å². The molecule has 0 aliphatic carbocycles. The summed E-state index contributed by atoms with van der Waals surface area (Å²) in [6.07, 6.45) is 1.51. The Morgan fingerprint density at radius 2 is 1.83 bits per heavy atom. The third-order valence-electron chi connectivity index (χ3n) is 4.49. The molecular weight excluding hydrogens is 372 g/mol. The van der Waals surface area contributed by atoms with Crippen LogP contribution in [0.5, 0.6) is 23.0 Å². The van der Waals surface area contributed by atoms with Gasteiger partial charge in [-0.3, -0.25) is 4.79 Å². The van der Waals surface area contributed by atoms with Crippen molar-refractivity contribution in [2.75, 3.05) is 20.5 Å². The summed E-state index contributed by atoms with van der Waals surface area (Å²) in [4.78, 5) is 12.7. The molecule has 3 aromatic carbocycles. The third-order valence-corrected chi connectivity index (χ3v) is 4.49. The highest BCUT2D eigenvalue weighted by Gasteiger charge is 2.18. The van der Waals surface area contributed by atoms with Crippen LogP contribution in [0.1, 0.15) is 22.8 Å². The standard InChI is InChI=1S/C22H20N2O5/c1-3-27-18-11-21-20(28-13-29-21)10-16(18)12-23-24-22(25)17-8-14-6-4-5-7-15(14)9-19(17)26-2/h4-12H,3,13H2,1-2H3,(H,24,25)/b23-12-. The van der Waals surface area contributed by atoms with E-state index in [9.17, 15) is 4.79 Å². The Morgan fingerprint density at radius 1 is 1.10 bits per heavy atom. The SMILES string of the molecule is CCOc1cc2c(cc1/C=N\NC(=O)c1cc3ccccc3cc1OC)OCO2. The number of rotatable bonds is 6. The fourth-order valence-electron chi connectivity index (χ4n) is 3.11. The van der Waals surface area contributed by atoms with Gasteiger partial charge in [-0.05, 0) is 35.9 Å². The summed E-state index contributed by atoms with van der Waals surface area (Å²) in [5.74, 6) is 1.93. The number of hydrogen-bond donors (Lipinski definition) is 1. The maximum absolute atomic E-state index is 12.7. The number of benzene rings is 3. The van der Waals surface area contributed by atoms with E-state index in [1.807, 2.05) is 37.3 Å². The quantitative estimate of drug-likeness (QED) is 0.511. The third kappa shape index (κ3) is 3.80. The van der Waals surface area contributed by atoms with Crippen molar-refractivity contribution in [3.63, 3.8) is 0 Å². The van der Waals surface area contributed by atoms with Gasteiger partial charge in [0.1, 0.15) is 11.5 Å². The predicted octanol–water partition coefficient (Wildman–Crippen LogP) is 3.74. The van der Waals surface area contributed by atoms with Gasteiger partial charge in [-0.1, -0.05) is 24.3 Å². The van der Waals surface area contributed by atoms with Gasteiger partial charge in [0.2, 0.25) is 6.79 Å². The number of methoxy groups -OCH3 is 1. The molecule has 1 amide bonds. The highest BCUT2D eigenvalue weighted by molar-refractivity contribution is 6.02. The molecule has 7 heteroatoms. The van der Waals surface area contributed by atoms with E-state index in [1.165, 1.54) is 13.3 Å². The summed E-state index contributed by atoms with van der Waals surface area (Å²) in [5.41, 5.74) is 3.62. The first-order valence-corrected chi connectivity index (χ1v) is 9.16. The first-order valence-electron chi connectivity index (χ1n) is 9.16. The smallest absolute Gasteiger partial charge is 0.275 e. The van der Waals surface area contributed by atoms with E-state index < -0.39 is 0 Å². The van der Waals surface area contributed by atoms with Crippen molar-refractivity contribution in [2.45, 2.75) is 6.92 Å². The molecule has 148 valence electrons. The largest absolute Gasteiger partial charge is 0.496 e. The molecule has 1 N–H and O–H groups in total. The average molecular weight is 392 g/mol. The minimum atomic E-state index is -0.373. The average Bonchev–Trinajstić information content (AvgIpc) is 3.20. The van der Waals surface area contributed by atoms with E-state index in [0.29, 0.717) is 40.7 Å². The van der Waals surface area contributed by atoms with E-state index in [2.05, 4.69) is 10.5 Å². The first kappa shape index (κ1) is 18.6. The lowest BCUT2D eigenvalue weighted by Gasteiger charge is -2.10. The Bertz CT molecular complexity index is 1090. The molecule has 0 saturated heterocycles. The summed E-state index contributed by atoms with van der Waals surface area (Å²) in [6.45, 7) is 2.54. The summed E-state index contributed by atoms with van der Waals surface area (Å²) < 4.78 is 21.8. The van der Waals surface area contributed by atoms with E-state index >= 15 is 0 Å². The molecule has 0 aromatic heterocycles. The molecule has 1 aliphatic rings. The van der Waals surface area contributed by atoms with Gasteiger partial charge in [0.05, 0.1) is 25.5 Å². The molecule has 0 fully saturated rings. The van der Waals surface area contributed by atoms with Gasteiger partial charge < -0.3 is 18.9 Å². The number of nitrogens with zero attached hydrogens (tertiary/aromatic N) is 1. The normalized spacial score (nSPS) is 12.3. The molecule has 3 aromatic rings. The van der Waals surface area contributed by atoms with Crippen molar-refractivity contribution in [1.29, 1.82) is 0 Å². The second-order valence-corrected chi connectivity index (χ2v) is 6.28. The summed E-state index contributed by atoms with van der Waals surface area (Å²) in [5, 5.41) is 6.02. The number of fused-ring (bicyclic) bond motifs is 2. The molecule has 4 rings (SSSR count). The van der Waals surface area contributed by atoms with Gasteiger partial charge in [0.15, 0.2) is 11.5 Å². The van der Waals surface area contributed by atoms with Gasteiger partial charge in [-0.15, -0.1) is 0 Å². The van der Waals surface area contributed by atoms with Crippen LogP contribution in [-0.2, 0) is 0 Å². The van der Waals surface area contributed by atoms with Gasteiger partial charge in [-0.2, -0.15) is 5.10 Å². The number of hydrazone groups is 1. The molecule has 29 heavy (non-hydrogen) atoms. The van der Waals surface area contributed by atoms with E-state index in [0.717, 1.165) is 10.8 Å². The van der Waals surface area contributed by atoms with E-state index in [-0.39, 0.29) is 12.7 Å². The number of carbonyl (C=O) groups excluding carboxylic acids is 1. The van der Waals surface area contributed by atoms with Crippen molar-refractivity contribution < 1.29 is 23.7 Å². The number of ether oxygens (including phenoxy) is 4. The highest BCUT2D eigenvalue weighted by atomic mass is 16.7. The predicted molar refractivity (Wildman–Crippen MR) is 109 cm³/mol. The van der Waals surface area contributed by atoms with Crippen LogP contribution in [-0.4, -0.2) is 32.6 Å². The zero-order chi connectivity index (χ0) is 20.2. The van der Waals surface area contributed by atoms with Crippen LogP contribution < -0.4 is 24.4 Å². The maximum atomic E-state index is 12.7. The van der Waals surface area contributed by atoms with Crippen LogP contribution >= 0.6 is 0 Å². The minimum Gasteiger partial charge on any atom is -0.496 e. The molecule has 0 radical (unpaired) electrons. The molecule has 0 unspecified atom stereocenters. The molecule has 0 bridgehead atoms. The lowest BCUT2D eigenvalue weighted by atomic mass is 10.1. The Hall–Kier alpha value is -3.74. The molecule has 7 nitrogen and oxygen atoms in total. The lowest BCUT2D eigenvalue weighted by molar-refractivity contribution is 0.0952. The highest BCUT2D eigenvalue weighted by Crippen LogP contribution is 2.37. The van der Waals surface area contributed by atoms with E-state index in [4.69, 9.17) is 18.9 Å². The van der Waals surface area contributed by atoms with E-state index in [1.54, 1.807) is 18.2 Å². The fraction of sp³-hybridized carbons (Fsp3) is 0.182. The zero-order valence-corrected chi connectivity index (χ0v) is 16.1. The molecular formula is C22H20N2O5.